The third-order valence-corrected chi connectivity index (χ3v) is 4.47. The van der Waals surface area contributed by atoms with E-state index in [9.17, 15) is 0 Å². The minimum absolute atomic E-state index is 1.15. The molecule has 23 heavy (non-hydrogen) atoms. The molecule has 0 heteroatoms. The highest BCUT2D eigenvalue weighted by atomic mass is 14.1. The van der Waals surface area contributed by atoms with Gasteiger partial charge in [0.1, 0.15) is 0 Å². The van der Waals surface area contributed by atoms with Gasteiger partial charge in [0.15, 0.2) is 0 Å². The second kappa shape index (κ2) is 7.28. The first-order valence-corrected chi connectivity index (χ1v) is 8.54. The first kappa shape index (κ1) is 15.6. The van der Waals surface area contributed by atoms with E-state index in [4.69, 9.17) is 0 Å². The number of aryl methyl sites for hydroxylation is 2. The standard InChI is InChI=1S/C23H24/c1-3-4-12-19-13-6-8-15-21(19)23-17-10-9-16-22(23)20-14-7-5-11-18(20)2/h5-11,13-17H,3-4,12H2,1-2H3. The fraction of sp³-hybridized carbons (Fsp3) is 0.217. The van der Waals surface area contributed by atoms with E-state index in [1.165, 1.54) is 46.2 Å². The average Bonchev–Trinajstić information content (AvgIpc) is 2.61. The Hall–Kier alpha value is -2.34. The van der Waals surface area contributed by atoms with Crippen LogP contribution in [-0.2, 0) is 6.42 Å². The lowest BCUT2D eigenvalue weighted by Gasteiger charge is -2.15. The normalized spacial score (nSPS) is 10.7. The Balaban J connectivity index is 2.14. The summed E-state index contributed by atoms with van der Waals surface area (Å²) in [5, 5.41) is 0. The third-order valence-electron chi connectivity index (χ3n) is 4.47. The smallest absolute Gasteiger partial charge is 0.0103 e. The summed E-state index contributed by atoms with van der Waals surface area (Å²) in [6.45, 7) is 4.44. The van der Waals surface area contributed by atoms with Crippen LogP contribution in [0.1, 0.15) is 30.9 Å². The molecule has 0 aliphatic heterocycles. The highest BCUT2D eigenvalue weighted by Gasteiger charge is 2.11. The molecule has 0 aliphatic rings. The minimum atomic E-state index is 1.15. The Morgan fingerprint density at radius 2 is 1.13 bits per heavy atom. The zero-order valence-corrected chi connectivity index (χ0v) is 14.0. The number of hydrogen-bond donors (Lipinski definition) is 0. The first-order valence-electron chi connectivity index (χ1n) is 8.54. The van der Waals surface area contributed by atoms with Crippen molar-refractivity contribution >= 4 is 0 Å². The van der Waals surface area contributed by atoms with E-state index >= 15 is 0 Å². The molecule has 0 fully saturated rings. The van der Waals surface area contributed by atoms with Crippen LogP contribution in [0.5, 0.6) is 0 Å². The molecule has 0 aromatic heterocycles. The van der Waals surface area contributed by atoms with E-state index in [1.807, 2.05) is 0 Å². The van der Waals surface area contributed by atoms with Gasteiger partial charge in [-0.3, -0.25) is 0 Å². The van der Waals surface area contributed by atoms with E-state index < -0.39 is 0 Å². The van der Waals surface area contributed by atoms with Crippen molar-refractivity contribution in [1.82, 2.24) is 0 Å². The van der Waals surface area contributed by atoms with E-state index in [0.29, 0.717) is 0 Å². The van der Waals surface area contributed by atoms with Gasteiger partial charge < -0.3 is 0 Å². The van der Waals surface area contributed by atoms with Gasteiger partial charge >= 0.3 is 0 Å². The Morgan fingerprint density at radius 1 is 0.609 bits per heavy atom. The van der Waals surface area contributed by atoms with Gasteiger partial charge in [0.25, 0.3) is 0 Å². The van der Waals surface area contributed by atoms with Crippen molar-refractivity contribution < 1.29 is 0 Å². The summed E-state index contributed by atoms with van der Waals surface area (Å²) < 4.78 is 0. The van der Waals surface area contributed by atoms with Crippen molar-refractivity contribution in [3.05, 3.63) is 83.9 Å². The molecule has 0 bridgehead atoms. The maximum atomic E-state index is 2.28. The lowest BCUT2D eigenvalue weighted by molar-refractivity contribution is 0.796. The molecule has 0 saturated carbocycles. The SMILES string of the molecule is CCCCc1ccccc1-c1ccccc1-c1ccccc1C. The maximum Gasteiger partial charge on any atom is -0.0103 e. The molecule has 0 aliphatic carbocycles. The molecule has 0 radical (unpaired) electrons. The molecule has 0 amide bonds. The van der Waals surface area contributed by atoms with E-state index in [0.717, 1.165) is 6.42 Å². The second-order valence-corrected chi connectivity index (χ2v) is 6.12. The highest BCUT2D eigenvalue weighted by Crippen LogP contribution is 2.35. The highest BCUT2D eigenvalue weighted by molar-refractivity contribution is 5.86. The number of rotatable bonds is 5. The second-order valence-electron chi connectivity index (χ2n) is 6.12. The molecule has 0 heterocycles. The van der Waals surface area contributed by atoms with Crippen LogP contribution in [0.2, 0.25) is 0 Å². The molecule has 0 nitrogen and oxygen atoms in total. The average molecular weight is 300 g/mol. The van der Waals surface area contributed by atoms with Gasteiger partial charge in [0.2, 0.25) is 0 Å². The summed E-state index contributed by atoms with van der Waals surface area (Å²) in [6, 6.07) is 26.3. The van der Waals surface area contributed by atoms with Crippen molar-refractivity contribution in [3.63, 3.8) is 0 Å². The van der Waals surface area contributed by atoms with Crippen molar-refractivity contribution in [3.8, 4) is 22.3 Å². The molecule has 0 saturated heterocycles. The number of unbranched alkanes of at least 4 members (excludes halogenated alkanes) is 1. The molecule has 3 rings (SSSR count). The molecule has 0 spiro atoms. The largest absolute Gasteiger partial charge is 0.0654 e. The number of benzene rings is 3. The van der Waals surface area contributed by atoms with Gasteiger partial charge in [-0.2, -0.15) is 0 Å². The van der Waals surface area contributed by atoms with E-state index in [-0.39, 0.29) is 0 Å². The number of hydrogen-bond acceptors (Lipinski definition) is 0. The van der Waals surface area contributed by atoms with Crippen LogP contribution < -0.4 is 0 Å². The predicted molar refractivity (Wildman–Crippen MR) is 101 cm³/mol. The van der Waals surface area contributed by atoms with Crippen LogP contribution in [-0.4, -0.2) is 0 Å². The van der Waals surface area contributed by atoms with Crippen molar-refractivity contribution in [2.75, 3.05) is 0 Å². The summed E-state index contributed by atoms with van der Waals surface area (Å²) in [6.07, 6.45) is 3.62. The summed E-state index contributed by atoms with van der Waals surface area (Å²) in [4.78, 5) is 0. The zero-order valence-electron chi connectivity index (χ0n) is 14.0. The Morgan fingerprint density at radius 3 is 1.78 bits per heavy atom. The van der Waals surface area contributed by atoms with Gasteiger partial charge in [-0.05, 0) is 53.1 Å². The van der Waals surface area contributed by atoms with Crippen LogP contribution in [0.15, 0.2) is 72.8 Å². The van der Waals surface area contributed by atoms with Gasteiger partial charge in [-0.25, -0.2) is 0 Å². The topological polar surface area (TPSA) is 0 Å². The minimum Gasteiger partial charge on any atom is -0.0654 e. The van der Waals surface area contributed by atoms with Crippen LogP contribution in [0, 0.1) is 6.92 Å². The molecule has 3 aromatic rings. The quantitative estimate of drug-likeness (QED) is 0.493. The maximum absolute atomic E-state index is 2.28. The Labute approximate surface area is 139 Å². The lowest BCUT2D eigenvalue weighted by Crippen LogP contribution is -1.93. The van der Waals surface area contributed by atoms with Gasteiger partial charge in [-0.1, -0.05) is 86.1 Å². The monoisotopic (exact) mass is 300 g/mol. The van der Waals surface area contributed by atoms with Gasteiger partial charge in [0.05, 0.1) is 0 Å². The van der Waals surface area contributed by atoms with Gasteiger partial charge in [0, 0.05) is 0 Å². The van der Waals surface area contributed by atoms with E-state index in [2.05, 4.69) is 86.6 Å². The fourth-order valence-electron chi connectivity index (χ4n) is 3.20. The van der Waals surface area contributed by atoms with Crippen molar-refractivity contribution in [2.24, 2.45) is 0 Å². The van der Waals surface area contributed by atoms with Crippen LogP contribution in [0.4, 0.5) is 0 Å². The molecule has 3 aromatic carbocycles. The zero-order chi connectivity index (χ0) is 16.1. The fourth-order valence-corrected chi connectivity index (χ4v) is 3.20. The lowest BCUT2D eigenvalue weighted by atomic mass is 9.89. The van der Waals surface area contributed by atoms with Gasteiger partial charge in [-0.15, -0.1) is 0 Å². The Bertz CT molecular complexity index is 783. The van der Waals surface area contributed by atoms with Crippen molar-refractivity contribution in [1.29, 1.82) is 0 Å². The molecule has 116 valence electrons. The first-order chi connectivity index (χ1) is 11.3. The molecule has 0 unspecified atom stereocenters. The van der Waals surface area contributed by atoms with Crippen LogP contribution in [0.3, 0.4) is 0 Å². The van der Waals surface area contributed by atoms with Crippen LogP contribution in [0.25, 0.3) is 22.3 Å². The van der Waals surface area contributed by atoms with Crippen molar-refractivity contribution in [2.45, 2.75) is 33.1 Å². The molecule has 0 atom stereocenters. The Kier molecular flexibility index (Phi) is 4.92. The molecular formula is C23H24. The molecular weight excluding hydrogens is 276 g/mol. The van der Waals surface area contributed by atoms with Crippen LogP contribution >= 0.6 is 0 Å². The predicted octanol–water partition coefficient (Wildman–Crippen LogP) is 6.67. The summed E-state index contributed by atoms with van der Waals surface area (Å²) in [5.74, 6) is 0. The summed E-state index contributed by atoms with van der Waals surface area (Å²) in [5.41, 5.74) is 8.15. The summed E-state index contributed by atoms with van der Waals surface area (Å²) >= 11 is 0. The molecule has 0 N–H and O–H groups in total. The third kappa shape index (κ3) is 3.37. The summed E-state index contributed by atoms with van der Waals surface area (Å²) in [7, 11) is 0. The van der Waals surface area contributed by atoms with E-state index in [1.54, 1.807) is 0 Å².